The third kappa shape index (κ3) is 2.97. The first-order valence-electron chi connectivity index (χ1n) is 10.9. The van der Waals surface area contributed by atoms with Crippen LogP contribution in [0.4, 0.5) is 5.82 Å². The number of aromatic amines is 1. The third-order valence-electron chi connectivity index (χ3n) is 6.89. The van der Waals surface area contributed by atoms with Gasteiger partial charge in [-0.2, -0.15) is 5.10 Å². The zero-order valence-corrected chi connectivity index (χ0v) is 17.1. The zero-order chi connectivity index (χ0) is 21.1. The van der Waals surface area contributed by atoms with Gasteiger partial charge in [0.1, 0.15) is 23.4 Å². The lowest BCUT2D eigenvalue weighted by molar-refractivity contribution is -0.142. The highest BCUT2D eigenvalue weighted by molar-refractivity contribution is 5.92. The number of fused-ring (bicyclic) bond motifs is 2. The van der Waals surface area contributed by atoms with Gasteiger partial charge in [-0.3, -0.25) is 4.79 Å². The number of para-hydroxylation sites is 1. The molecule has 3 aromatic heterocycles. The van der Waals surface area contributed by atoms with E-state index >= 15 is 0 Å². The molecule has 158 valence electrons. The van der Waals surface area contributed by atoms with Crippen molar-refractivity contribution in [2.45, 2.75) is 50.4 Å². The normalized spacial score (nSPS) is 21.7. The number of nitrogens with one attached hydrogen (secondary N) is 1. The minimum Gasteiger partial charge on any atom is -0.481 e. The van der Waals surface area contributed by atoms with Crippen molar-refractivity contribution in [3.8, 4) is 11.4 Å². The number of aliphatic carboxylic acids is 1. The van der Waals surface area contributed by atoms with Crippen LogP contribution < -0.4 is 5.73 Å². The SMILES string of the molecule is Nc1ncnn2c1c(-c1cc3cccc(C4CC4)c3[nH]1)nc2[C@H]1CC[C@H](C(=O)O)CC1. The van der Waals surface area contributed by atoms with E-state index in [0.29, 0.717) is 30.1 Å². The number of carboxylic acids is 1. The Morgan fingerprint density at radius 1 is 1.13 bits per heavy atom. The molecule has 4 aromatic rings. The number of carboxylic acid groups (broad SMARTS) is 1. The second kappa shape index (κ2) is 6.80. The highest BCUT2D eigenvalue weighted by Gasteiger charge is 2.31. The fourth-order valence-electron chi connectivity index (χ4n) is 5.07. The Hall–Kier alpha value is -3.42. The van der Waals surface area contributed by atoms with Gasteiger partial charge >= 0.3 is 5.97 Å². The van der Waals surface area contributed by atoms with Crippen molar-refractivity contribution in [1.82, 2.24) is 24.6 Å². The monoisotopic (exact) mass is 416 g/mol. The molecule has 2 saturated carbocycles. The number of aromatic nitrogens is 5. The van der Waals surface area contributed by atoms with Crippen molar-refractivity contribution in [1.29, 1.82) is 0 Å². The van der Waals surface area contributed by atoms with Gasteiger partial charge in [-0.15, -0.1) is 0 Å². The number of nitrogens with two attached hydrogens (primary N) is 1. The summed E-state index contributed by atoms with van der Waals surface area (Å²) in [7, 11) is 0. The number of H-pyrrole nitrogens is 1. The van der Waals surface area contributed by atoms with E-state index in [4.69, 9.17) is 10.7 Å². The van der Waals surface area contributed by atoms with Gasteiger partial charge in [0.05, 0.1) is 11.6 Å². The fraction of sp³-hybridized carbons (Fsp3) is 0.391. The van der Waals surface area contributed by atoms with Crippen molar-refractivity contribution in [3.63, 3.8) is 0 Å². The maximum absolute atomic E-state index is 11.3. The maximum Gasteiger partial charge on any atom is 0.306 e. The maximum atomic E-state index is 11.3. The molecule has 31 heavy (non-hydrogen) atoms. The van der Waals surface area contributed by atoms with Crippen molar-refractivity contribution in [3.05, 3.63) is 42.0 Å². The van der Waals surface area contributed by atoms with Gasteiger partial charge in [0.15, 0.2) is 5.82 Å². The number of carbonyl (C=O) groups is 1. The molecular formula is C23H24N6O2. The Kier molecular flexibility index (Phi) is 4.03. The first-order chi connectivity index (χ1) is 15.1. The fourth-order valence-corrected chi connectivity index (χ4v) is 5.07. The summed E-state index contributed by atoms with van der Waals surface area (Å²) >= 11 is 0. The van der Waals surface area contributed by atoms with E-state index in [1.54, 1.807) is 4.52 Å². The quantitative estimate of drug-likeness (QED) is 0.460. The van der Waals surface area contributed by atoms with Crippen LogP contribution in [-0.4, -0.2) is 35.6 Å². The van der Waals surface area contributed by atoms with Crippen molar-refractivity contribution in [2.75, 3.05) is 5.73 Å². The van der Waals surface area contributed by atoms with Gasteiger partial charge in [-0.25, -0.2) is 14.5 Å². The lowest BCUT2D eigenvalue weighted by Crippen LogP contribution is -2.21. The Bertz CT molecular complexity index is 1310. The molecule has 2 aliphatic rings. The van der Waals surface area contributed by atoms with Crippen LogP contribution in [0, 0.1) is 5.92 Å². The second-order valence-corrected chi connectivity index (χ2v) is 8.88. The topological polar surface area (TPSA) is 122 Å². The van der Waals surface area contributed by atoms with Crippen LogP contribution in [0.2, 0.25) is 0 Å². The third-order valence-corrected chi connectivity index (χ3v) is 6.89. The van der Waals surface area contributed by atoms with Crippen molar-refractivity contribution >= 4 is 28.2 Å². The molecule has 0 bridgehead atoms. The minimum atomic E-state index is -0.705. The number of hydrogen-bond donors (Lipinski definition) is 3. The minimum absolute atomic E-state index is 0.151. The zero-order valence-electron chi connectivity index (χ0n) is 17.1. The number of nitrogens with zero attached hydrogens (tertiary/aromatic N) is 4. The van der Waals surface area contributed by atoms with Crippen molar-refractivity contribution < 1.29 is 9.90 Å². The summed E-state index contributed by atoms with van der Waals surface area (Å²) in [6.07, 6.45) is 6.80. The summed E-state index contributed by atoms with van der Waals surface area (Å²) in [5, 5.41) is 15.0. The van der Waals surface area contributed by atoms with E-state index in [-0.39, 0.29) is 11.8 Å². The molecule has 0 aliphatic heterocycles. The van der Waals surface area contributed by atoms with Gasteiger partial charge in [-0.1, -0.05) is 18.2 Å². The summed E-state index contributed by atoms with van der Waals surface area (Å²) in [5.41, 5.74) is 11.2. The number of anilines is 1. The Balaban J connectivity index is 1.46. The summed E-state index contributed by atoms with van der Waals surface area (Å²) < 4.78 is 1.80. The number of nitrogen functional groups attached to an aromatic ring is 1. The summed E-state index contributed by atoms with van der Waals surface area (Å²) in [5.74, 6) is 1.05. The van der Waals surface area contributed by atoms with E-state index in [0.717, 1.165) is 30.1 Å². The molecule has 0 atom stereocenters. The van der Waals surface area contributed by atoms with Crippen LogP contribution in [-0.2, 0) is 4.79 Å². The van der Waals surface area contributed by atoms with Crippen LogP contribution in [0.1, 0.15) is 61.7 Å². The predicted molar refractivity (Wildman–Crippen MR) is 117 cm³/mol. The highest BCUT2D eigenvalue weighted by atomic mass is 16.4. The van der Waals surface area contributed by atoms with Crippen molar-refractivity contribution in [2.24, 2.45) is 5.92 Å². The lowest BCUT2D eigenvalue weighted by atomic mass is 9.82. The molecule has 0 radical (unpaired) electrons. The van der Waals surface area contributed by atoms with Crippen LogP contribution in [0.25, 0.3) is 27.8 Å². The second-order valence-electron chi connectivity index (χ2n) is 8.88. The van der Waals surface area contributed by atoms with Crippen LogP contribution >= 0.6 is 0 Å². The molecule has 8 nitrogen and oxygen atoms in total. The Morgan fingerprint density at radius 3 is 2.65 bits per heavy atom. The summed E-state index contributed by atoms with van der Waals surface area (Å²) in [6, 6.07) is 8.56. The molecule has 2 aliphatic carbocycles. The molecule has 0 unspecified atom stereocenters. The molecule has 6 rings (SSSR count). The highest BCUT2D eigenvalue weighted by Crippen LogP contribution is 2.44. The predicted octanol–water partition coefficient (Wildman–Crippen LogP) is 4.09. The first kappa shape index (κ1) is 18.4. The van der Waals surface area contributed by atoms with Crippen LogP contribution in [0.5, 0.6) is 0 Å². The largest absolute Gasteiger partial charge is 0.481 e. The van der Waals surface area contributed by atoms with E-state index in [2.05, 4.69) is 39.3 Å². The van der Waals surface area contributed by atoms with E-state index < -0.39 is 5.97 Å². The molecule has 4 N–H and O–H groups in total. The average molecular weight is 416 g/mol. The molecule has 1 aromatic carbocycles. The standard InChI is InChI=1S/C23H24N6O2/c24-21-20-19(17-10-15-2-1-3-16(12-4-5-12)18(15)27-17)28-22(29(20)26-11-25-21)13-6-8-14(9-7-13)23(30)31/h1-3,10-14,27H,4-9H2,(H,30,31)(H2,24,25,26)/t13-,14-. The van der Waals surface area contributed by atoms with Crippen LogP contribution in [0.3, 0.4) is 0 Å². The molecule has 8 heteroatoms. The first-order valence-corrected chi connectivity index (χ1v) is 10.9. The number of imidazole rings is 1. The van der Waals surface area contributed by atoms with Crippen LogP contribution in [0.15, 0.2) is 30.6 Å². The molecular weight excluding hydrogens is 392 g/mol. The summed E-state index contributed by atoms with van der Waals surface area (Å²) in [4.78, 5) is 24.2. The number of benzene rings is 1. The smallest absolute Gasteiger partial charge is 0.306 e. The molecule has 0 spiro atoms. The van der Waals surface area contributed by atoms with Gasteiger partial charge in [0.2, 0.25) is 0 Å². The summed E-state index contributed by atoms with van der Waals surface area (Å²) in [6.45, 7) is 0. The van der Waals surface area contributed by atoms with E-state index in [9.17, 15) is 9.90 Å². The van der Waals surface area contributed by atoms with Gasteiger partial charge in [0, 0.05) is 16.8 Å². The molecule has 0 saturated heterocycles. The van der Waals surface area contributed by atoms with E-state index in [1.807, 2.05) is 0 Å². The molecule has 3 heterocycles. The van der Waals surface area contributed by atoms with Gasteiger partial charge in [-0.05, 0) is 56.1 Å². The lowest BCUT2D eigenvalue weighted by Gasteiger charge is -2.24. The molecule has 0 amide bonds. The Labute approximate surface area is 178 Å². The Morgan fingerprint density at radius 2 is 1.90 bits per heavy atom. The van der Waals surface area contributed by atoms with Gasteiger partial charge < -0.3 is 15.8 Å². The average Bonchev–Trinajstić information content (AvgIpc) is 3.40. The number of hydrogen-bond acceptors (Lipinski definition) is 5. The molecule has 2 fully saturated rings. The number of rotatable bonds is 4. The van der Waals surface area contributed by atoms with Gasteiger partial charge in [0.25, 0.3) is 0 Å². The van der Waals surface area contributed by atoms with E-state index in [1.165, 1.54) is 35.6 Å².